The van der Waals surface area contributed by atoms with E-state index in [2.05, 4.69) is 25.5 Å². The molecule has 0 aliphatic rings. The Morgan fingerprint density at radius 3 is 2.63 bits per heavy atom. The molecule has 0 saturated carbocycles. The van der Waals surface area contributed by atoms with Crippen molar-refractivity contribution in [1.29, 1.82) is 0 Å². The molecule has 0 fully saturated rings. The molecule has 4 aromatic rings. The molecule has 0 saturated heterocycles. The fourth-order valence-electron chi connectivity index (χ4n) is 3.49. The third kappa shape index (κ3) is 4.08. The standard InChI is InChI=1S/C22H24N6O2/c1-13(29)24-16-7-5-14-11-15-6-8-17-19(20(15)25-18(14)12-16)21(30)27-22(26-17)23-9-4-10-28(2)3/h5-8,11-12H,4,9-10H2,1-3H3,(H,24,29)(H2,23,26,27,30). The molecule has 154 valence electrons. The molecule has 30 heavy (non-hydrogen) atoms. The molecule has 4 rings (SSSR count). The molecule has 1 amide bonds. The predicted molar refractivity (Wildman–Crippen MR) is 121 cm³/mol. The van der Waals surface area contributed by atoms with Crippen LogP contribution in [0.15, 0.2) is 41.2 Å². The highest BCUT2D eigenvalue weighted by Gasteiger charge is 2.11. The number of amides is 1. The van der Waals surface area contributed by atoms with E-state index in [4.69, 9.17) is 4.98 Å². The Hall–Kier alpha value is -3.52. The summed E-state index contributed by atoms with van der Waals surface area (Å²) in [5, 5.41) is 8.19. The van der Waals surface area contributed by atoms with Gasteiger partial charge in [-0.25, -0.2) is 9.97 Å². The summed E-state index contributed by atoms with van der Waals surface area (Å²) >= 11 is 0. The largest absolute Gasteiger partial charge is 0.356 e. The third-order valence-electron chi connectivity index (χ3n) is 4.85. The molecular formula is C22H24N6O2. The van der Waals surface area contributed by atoms with E-state index in [1.807, 2.05) is 44.4 Å². The number of carbonyl (C=O) groups is 1. The summed E-state index contributed by atoms with van der Waals surface area (Å²) < 4.78 is 0. The molecule has 0 unspecified atom stereocenters. The van der Waals surface area contributed by atoms with Crippen molar-refractivity contribution in [2.75, 3.05) is 37.8 Å². The average Bonchev–Trinajstić information content (AvgIpc) is 2.68. The van der Waals surface area contributed by atoms with E-state index >= 15 is 0 Å². The summed E-state index contributed by atoms with van der Waals surface area (Å²) in [6, 6.07) is 11.3. The van der Waals surface area contributed by atoms with Gasteiger partial charge < -0.3 is 15.5 Å². The van der Waals surface area contributed by atoms with Crippen LogP contribution in [0.5, 0.6) is 0 Å². The fraction of sp³-hybridized carbons (Fsp3) is 0.273. The van der Waals surface area contributed by atoms with E-state index in [1.165, 1.54) is 6.92 Å². The number of nitrogens with one attached hydrogen (secondary N) is 3. The lowest BCUT2D eigenvalue weighted by molar-refractivity contribution is -0.114. The van der Waals surface area contributed by atoms with Gasteiger partial charge in [0, 0.05) is 29.9 Å². The van der Waals surface area contributed by atoms with Crippen LogP contribution < -0.4 is 16.2 Å². The first-order chi connectivity index (χ1) is 14.4. The van der Waals surface area contributed by atoms with Gasteiger partial charge in [0.2, 0.25) is 11.9 Å². The second kappa shape index (κ2) is 8.08. The molecule has 8 heteroatoms. The monoisotopic (exact) mass is 404 g/mol. The van der Waals surface area contributed by atoms with Gasteiger partial charge in [-0.3, -0.25) is 14.6 Å². The minimum atomic E-state index is -0.231. The number of hydrogen-bond acceptors (Lipinski definition) is 6. The third-order valence-corrected chi connectivity index (χ3v) is 4.85. The number of aromatic amines is 1. The minimum Gasteiger partial charge on any atom is -0.356 e. The smallest absolute Gasteiger partial charge is 0.262 e. The first-order valence-corrected chi connectivity index (χ1v) is 9.84. The van der Waals surface area contributed by atoms with Gasteiger partial charge in [-0.05, 0) is 51.3 Å². The molecule has 0 atom stereocenters. The number of rotatable bonds is 6. The van der Waals surface area contributed by atoms with Crippen LogP contribution in [0.2, 0.25) is 0 Å². The summed E-state index contributed by atoms with van der Waals surface area (Å²) in [7, 11) is 4.05. The van der Waals surface area contributed by atoms with E-state index in [0.717, 1.165) is 30.3 Å². The van der Waals surface area contributed by atoms with Crippen LogP contribution in [0, 0.1) is 0 Å². The van der Waals surface area contributed by atoms with Crippen molar-refractivity contribution in [2.45, 2.75) is 13.3 Å². The topological polar surface area (TPSA) is 103 Å². The van der Waals surface area contributed by atoms with Crippen molar-refractivity contribution in [3.8, 4) is 0 Å². The summed E-state index contributed by atoms with van der Waals surface area (Å²) in [6.07, 6.45) is 0.941. The fourth-order valence-corrected chi connectivity index (χ4v) is 3.49. The maximum Gasteiger partial charge on any atom is 0.262 e. The van der Waals surface area contributed by atoms with Crippen LogP contribution in [0.1, 0.15) is 13.3 Å². The van der Waals surface area contributed by atoms with Crippen molar-refractivity contribution >= 4 is 50.3 Å². The lowest BCUT2D eigenvalue weighted by Gasteiger charge is -2.11. The van der Waals surface area contributed by atoms with Crippen molar-refractivity contribution in [3.05, 3.63) is 46.8 Å². The van der Waals surface area contributed by atoms with E-state index in [9.17, 15) is 9.59 Å². The van der Waals surface area contributed by atoms with Crippen molar-refractivity contribution in [2.24, 2.45) is 0 Å². The Morgan fingerprint density at radius 1 is 1.07 bits per heavy atom. The molecule has 0 aliphatic heterocycles. The zero-order valence-electron chi connectivity index (χ0n) is 17.2. The minimum absolute atomic E-state index is 0.146. The lowest BCUT2D eigenvalue weighted by atomic mass is 10.1. The van der Waals surface area contributed by atoms with Gasteiger partial charge in [-0.1, -0.05) is 12.1 Å². The Bertz CT molecular complexity index is 1310. The van der Waals surface area contributed by atoms with E-state index in [-0.39, 0.29) is 11.5 Å². The van der Waals surface area contributed by atoms with Crippen molar-refractivity contribution in [1.82, 2.24) is 19.9 Å². The summed E-state index contributed by atoms with van der Waals surface area (Å²) in [5.41, 5.74) is 2.31. The van der Waals surface area contributed by atoms with Gasteiger partial charge in [-0.2, -0.15) is 0 Å². The molecule has 0 radical (unpaired) electrons. The molecule has 2 heterocycles. The van der Waals surface area contributed by atoms with Crippen LogP contribution in [0.3, 0.4) is 0 Å². The maximum absolute atomic E-state index is 12.9. The van der Waals surface area contributed by atoms with Gasteiger partial charge in [0.25, 0.3) is 5.56 Å². The second-order valence-corrected chi connectivity index (χ2v) is 7.61. The van der Waals surface area contributed by atoms with Gasteiger partial charge in [0.05, 0.1) is 21.9 Å². The Labute approximate surface area is 173 Å². The molecule has 0 spiro atoms. The highest BCUT2D eigenvalue weighted by atomic mass is 16.1. The van der Waals surface area contributed by atoms with Crippen LogP contribution in [0.4, 0.5) is 11.6 Å². The number of nitrogens with zero attached hydrogens (tertiary/aromatic N) is 3. The quantitative estimate of drug-likeness (QED) is 0.259. The first kappa shape index (κ1) is 19.8. The van der Waals surface area contributed by atoms with Gasteiger partial charge in [0.15, 0.2) is 0 Å². The van der Waals surface area contributed by atoms with Gasteiger partial charge in [0.1, 0.15) is 0 Å². The highest BCUT2D eigenvalue weighted by Crippen LogP contribution is 2.26. The molecule has 8 nitrogen and oxygen atoms in total. The predicted octanol–water partition coefficient (Wildman–Crippen LogP) is 2.95. The summed E-state index contributed by atoms with van der Waals surface area (Å²) in [4.78, 5) is 38.4. The highest BCUT2D eigenvalue weighted by molar-refractivity contribution is 6.07. The number of benzene rings is 2. The van der Waals surface area contributed by atoms with Gasteiger partial charge >= 0.3 is 0 Å². The number of pyridine rings is 1. The van der Waals surface area contributed by atoms with Crippen LogP contribution >= 0.6 is 0 Å². The van der Waals surface area contributed by atoms with E-state index in [1.54, 1.807) is 6.07 Å². The van der Waals surface area contributed by atoms with Crippen LogP contribution in [-0.4, -0.2) is 52.9 Å². The Balaban J connectivity index is 1.76. The molecule has 0 bridgehead atoms. The number of fused-ring (bicyclic) bond motifs is 4. The Kier molecular flexibility index (Phi) is 5.33. The number of aromatic nitrogens is 3. The first-order valence-electron chi connectivity index (χ1n) is 9.84. The zero-order chi connectivity index (χ0) is 21.3. The van der Waals surface area contributed by atoms with E-state index < -0.39 is 0 Å². The number of hydrogen-bond donors (Lipinski definition) is 3. The van der Waals surface area contributed by atoms with Crippen molar-refractivity contribution in [3.63, 3.8) is 0 Å². The maximum atomic E-state index is 12.9. The van der Waals surface area contributed by atoms with Gasteiger partial charge in [-0.15, -0.1) is 0 Å². The second-order valence-electron chi connectivity index (χ2n) is 7.61. The van der Waals surface area contributed by atoms with Crippen molar-refractivity contribution < 1.29 is 4.79 Å². The summed E-state index contributed by atoms with van der Waals surface area (Å²) in [5.74, 6) is 0.311. The Morgan fingerprint density at radius 2 is 1.87 bits per heavy atom. The van der Waals surface area contributed by atoms with E-state index in [0.29, 0.717) is 33.6 Å². The number of carbonyl (C=O) groups excluding carboxylic acids is 1. The molecule has 2 aromatic heterocycles. The number of H-pyrrole nitrogens is 1. The van der Waals surface area contributed by atoms with Crippen LogP contribution in [0.25, 0.3) is 32.7 Å². The average molecular weight is 404 g/mol. The lowest BCUT2D eigenvalue weighted by Crippen LogP contribution is -2.18. The zero-order valence-corrected chi connectivity index (χ0v) is 17.2. The van der Waals surface area contributed by atoms with Crippen LogP contribution in [-0.2, 0) is 4.79 Å². The molecule has 3 N–H and O–H groups in total. The normalized spacial score (nSPS) is 11.5. The number of anilines is 2. The molecule has 2 aromatic carbocycles. The molecular weight excluding hydrogens is 380 g/mol. The SMILES string of the molecule is CC(=O)Nc1ccc2cc3ccc4nc(NCCCN(C)C)[nH]c(=O)c4c3nc2c1. The molecule has 0 aliphatic carbocycles. The summed E-state index contributed by atoms with van der Waals surface area (Å²) in [6.45, 7) is 3.13.